The topological polar surface area (TPSA) is 58.2 Å². The largest absolute Gasteiger partial charge is 0.351 e. The van der Waals surface area contributed by atoms with Crippen molar-refractivity contribution in [3.63, 3.8) is 0 Å². The number of halogens is 1. The highest BCUT2D eigenvalue weighted by Crippen LogP contribution is 2.30. The third kappa shape index (κ3) is 4.34. The van der Waals surface area contributed by atoms with Gasteiger partial charge in [-0.1, -0.05) is 35.0 Å². The molecule has 2 N–H and O–H groups in total. The smallest absolute Gasteiger partial charge is 0.234 e. The van der Waals surface area contributed by atoms with Crippen LogP contribution >= 0.6 is 15.9 Å². The van der Waals surface area contributed by atoms with Gasteiger partial charge in [0.15, 0.2) is 0 Å². The molecule has 0 heterocycles. The molecule has 1 aliphatic rings. The molecule has 5 heteroatoms. The van der Waals surface area contributed by atoms with Gasteiger partial charge in [-0.05, 0) is 37.0 Å². The second kappa shape index (κ2) is 6.88. The van der Waals surface area contributed by atoms with Gasteiger partial charge in [-0.25, -0.2) is 0 Å². The predicted octanol–water partition coefficient (Wildman–Crippen LogP) is 2.82. The minimum Gasteiger partial charge on any atom is -0.351 e. The third-order valence-corrected chi connectivity index (χ3v) is 4.32. The number of amides is 2. The highest BCUT2D eigenvalue weighted by atomic mass is 79.9. The first kappa shape index (κ1) is 15.0. The van der Waals surface area contributed by atoms with Crippen LogP contribution in [0, 0.1) is 5.92 Å². The average molecular weight is 339 g/mol. The molecule has 0 aliphatic heterocycles. The monoisotopic (exact) mass is 338 g/mol. The Bertz CT molecular complexity index is 500. The molecule has 20 heavy (non-hydrogen) atoms. The van der Waals surface area contributed by atoms with E-state index in [4.69, 9.17) is 0 Å². The Morgan fingerprint density at radius 2 is 2.15 bits per heavy atom. The summed E-state index contributed by atoms with van der Waals surface area (Å²) in [5.74, 6) is 0.273. The first-order valence-electron chi connectivity index (χ1n) is 6.91. The molecule has 0 radical (unpaired) electrons. The second-order valence-corrected chi connectivity index (χ2v) is 6.16. The average Bonchev–Trinajstić information content (AvgIpc) is 3.28. The van der Waals surface area contributed by atoms with Crippen LogP contribution in [0.25, 0.3) is 0 Å². The molecule has 2 amide bonds. The maximum Gasteiger partial charge on any atom is 0.234 e. The third-order valence-electron chi connectivity index (χ3n) is 3.25. The molecular formula is C15H19BrN2O2. The lowest BCUT2D eigenvalue weighted by Gasteiger charge is -2.10. The van der Waals surface area contributed by atoms with Crippen LogP contribution in [-0.2, 0) is 16.1 Å². The number of carbonyl (C=O) groups excluding carboxylic acids is 2. The molecule has 0 saturated heterocycles. The molecule has 2 rings (SSSR count). The Balaban J connectivity index is 1.88. The van der Waals surface area contributed by atoms with Crippen molar-refractivity contribution >= 4 is 33.4 Å². The number of rotatable bonds is 6. The number of hydrogen-bond donors (Lipinski definition) is 2. The fourth-order valence-corrected chi connectivity index (χ4v) is 2.00. The quantitative estimate of drug-likeness (QED) is 0.783. The van der Waals surface area contributed by atoms with E-state index in [2.05, 4.69) is 26.6 Å². The zero-order chi connectivity index (χ0) is 14.5. The molecule has 0 bridgehead atoms. The van der Waals surface area contributed by atoms with Crippen LogP contribution in [0.15, 0.2) is 24.3 Å². The molecule has 1 aliphatic carbocycles. The number of alkyl halides is 1. The molecular weight excluding hydrogens is 320 g/mol. The van der Waals surface area contributed by atoms with E-state index in [-0.39, 0.29) is 22.6 Å². The molecule has 1 unspecified atom stereocenters. The maximum absolute atomic E-state index is 11.7. The molecule has 0 aromatic heterocycles. The van der Waals surface area contributed by atoms with Crippen LogP contribution in [0.4, 0.5) is 5.69 Å². The van der Waals surface area contributed by atoms with E-state index in [9.17, 15) is 9.59 Å². The minimum atomic E-state index is -0.153. The summed E-state index contributed by atoms with van der Waals surface area (Å²) in [4.78, 5) is 23.2. The van der Waals surface area contributed by atoms with Crippen molar-refractivity contribution in [1.82, 2.24) is 5.32 Å². The van der Waals surface area contributed by atoms with Crippen LogP contribution in [0.1, 0.15) is 31.7 Å². The highest BCUT2D eigenvalue weighted by molar-refractivity contribution is 9.10. The summed E-state index contributed by atoms with van der Waals surface area (Å²) in [5, 5.41) is 5.77. The highest BCUT2D eigenvalue weighted by Gasteiger charge is 2.29. The van der Waals surface area contributed by atoms with E-state index in [1.165, 1.54) is 0 Å². The molecule has 1 aromatic rings. The normalized spacial score (nSPS) is 15.5. The second-order valence-electron chi connectivity index (χ2n) is 5.06. The summed E-state index contributed by atoms with van der Waals surface area (Å²) in [5.41, 5.74) is 1.77. The lowest BCUT2D eigenvalue weighted by molar-refractivity contribution is -0.120. The zero-order valence-corrected chi connectivity index (χ0v) is 13.1. The van der Waals surface area contributed by atoms with Gasteiger partial charge >= 0.3 is 0 Å². The molecule has 1 atom stereocenters. The van der Waals surface area contributed by atoms with Gasteiger partial charge in [0.05, 0.1) is 4.83 Å². The summed E-state index contributed by atoms with van der Waals surface area (Å²) < 4.78 is 0. The van der Waals surface area contributed by atoms with Crippen molar-refractivity contribution in [2.24, 2.45) is 5.92 Å². The van der Waals surface area contributed by atoms with Crippen LogP contribution < -0.4 is 10.6 Å². The van der Waals surface area contributed by atoms with Crippen molar-refractivity contribution in [1.29, 1.82) is 0 Å². The van der Waals surface area contributed by atoms with E-state index in [0.717, 1.165) is 30.5 Å². The lowest BCUT2D eigenvalue weighted by atomic mass is 10.2. The van der Waals surface area contributed by atoms with Gasteiger partial charge in [0.2, 0.25) is 11.8 Å². The van der Waals surface area contributed by atoms with E-state index in [1.807, 2.05) is 31.2 Å². The fraction of sp³-hybridized carbons (Fsp3) is 0.467. The van der Waals surface area contributed by atoms with Crippen molar-refractivity contribution in [2.75, 3.05) is 5.32 Å². The number of nitrogens with one attached hydrogen (secondary N) is 2. The van der Waals surface area contributed by atoms with Gasteiger partial charge in [-0.2, -0.15) is 0 Å². The molecule has 1 saturated carbocycles. The van der Waals surface area contributed by atoms with Gasteiger partial charge in [-0.3, -0.25) is 9.59 Å². The first-order chi connectivity index (χ1) is 9.60. The fourth-order valence-electron chi connectivity index (χ4n) is 1.83. The van der Waals surface area contributed by atoms with E-state index in [0.29, 0.717) is 6.54 Å². The van der Waals surface area contributed by atoms with Crippen LogP contribution in [0.3, 0.4) is 0 Å². The van der Waals surface area contributed by atoms with E-state index < -0.39 is 0 Å². The summed E-state index contributed by atoms with van der Waals surface area (Å²) in [6.07, 6.45) is 2.74. The Labute approximate surface area is 127 Å². The Morgan fingerprint density at radius 1 is 1.40 bits per heavy atom. The Morgan fingerprint density at radius 3 is 2.80 bits per heavy atom. The summed E-state index contributed by atoms with van der Waals surface area (Å²) in [6, 6.07) is 7.58. The van der Waals surface area contributed by atoms with E-state index in [1.54, 1.807) is 0 Å². The van der Waals surface area contributed by atoms with Gasteiger partial charge < -0.3 is 10.6 Å². The predicted molar refractivity (Wildman–Crippen MR) is 82.6 cm³/mol. The zero-order valence-electron chi connectivity index (χ0n) is 11.5. The number of carbonyl (C=O) groups is 2. The van der Waals surface area contributed by atoms with Crippen LogP contribution in [0.5, 0.6) is 0 Å². The number of hydrogen-bond acceptors (Lipinski definition) is 2. The summed E-state index contributed by atoms with van der Waals surface area (Å²) in [6.45, 7) is 2.42. The minimum absolute atomic E-state index is 0.0140. The van der Waals surface area contributed by atoms with Crippen molar-refractivity contribution < 1.29 is 9.59 Å². The van der Waals surface area contributed by atoms with Crippen LogP contribution in [0.2, 0.25) is 0 Å². The van der Waals surface area contributed by atoms with Gasteiger partial charge in [-0.15, -0.1) is 0 Å². The van der Waals surface area contributed by atoms with Gasteiger partial charge in [0, 0.05) is 18.2 Å². The van der Waals surface area contributed by atoms with Crippen LogP contribution in [-0.4, -0.2) is 16.6 Å². The SMILES string of the molecule is CCC(Br)C(=O)NCc1cccc(NC(=O)C2CC2)c1. The maximum atomic E-state index is 11.7. The van der Waals surface area contributed by atoms with Crippen molar-refractivity contribution in [2.45, 2.75) is 37.6 Å². The lowest BCUT2D eigenvalue weighted by Crippen LogP contribution is -2.30. The summed E-state index contributed by atoms with van der Waals surface area (Å²) in [7, 11) is 0. The van der Waals surface area contributed by atoms with Crippen molar-refractivity contribution in [3.8, 4) is 0 Å². The number of anilines is 1. The number of benzene rings is 1. The molecule has 0 spiro atoms. The van der Waals surface area contributed by atoms with E-state index >= 15 is 0 Å². The van der Waals surface area contributed by atoms with Crippen molar-refractivity contribution in [3.05, 3.63) is 29.8 Å². The Kier molecular flexibility index (Phi) is 5.17. The Hall–Kier alpha value is -1.36. The van der Waals surface area contributed by atoms with Gasteiger partial charge in [0.25, 0.3) is 0 Å². The summed E-state index contributed by atoms with van der Waals surface area (Å²) >= 11 is 3.32. The molecule has 1 aromatic carbocycles. The van der Waals surface area contributed by atoms with Gasteiger partial charge in [0.1, 0.15) is 0 Å². The molecule has 108 valence electrons. The molecule has 1 fully saturated rings. The first-order valence-corrected chi connectivity index (χ1v) is 7.83. The molecule has 4 nitrogen and oxygen atoms in total. The standard InChI is InChI=1S/C15H19BrN2O2/c1-2-13(16)15(20)17-9-10-4-3-5-12(8-10)18-14(19)11-6-7-11/h3-5,8,11,13H,2,6-7,9H2,1H3,(H,17,20)(H,18,19).